The maximum Gasteiger partial charge on any atom is 0.344 e. The van der Waals surface area contributed by atoms with Crippen molar-refractivity contribution in [3.63, 3.8) is 0 Å². The monoisotopic (exact) mass is 278 g/mol. The number of nitrogens with one attached hydrogen (secondary N) is 2. The molecule has 2 N–H and O–H groups in total. The maximum atomic E-state index is 11.6. The number of hydrogen-bond acceptors (Lipinski definition) is 6. The Morgan fingerprint density at radius 3 is 2.95 bits per heavy atom. The highest BCUT2D eigenvalue weighted by molar-refractivity contribution is 7.98. The Kier molecular flexibility index (Phi) is 3.24. The van der Waals surface area contributed by atoms with Gasteiger partial charge in [-0.25, -0.2) is 14.9 Å². The van der Waals surface area contributed by atoms with E-state index in [0.717, 1.165) is 29.5 Å². The highest BCUT2D eigenvalue weighted by atomic mass is 32.2. The first-order valence-corrected chi connectivity index (χ1v) is 7.05. The fourth-order valence-corrected chi connectivity index (χ4v) is 2.65. The molecule has 0 unspecified atom stereocenters. The second-order valence-electron chi connectivity index (χ2n) is 4.34. The minimum Gasteiger partial charge on any atom is -0.372 e. The molecule has 100 valence electrons. The van der Waals surface area contributed by atoms with Gasteiger partial charge in [-0.2, -0.15) is 0 Å². The van der Waals surface area contributed by atoms with Crippen LogP contribution in [0.4, 0.5) is 5.82 Å². The molecule has 0 radical (unpaired) electrons. The Balaban J connectivity index is 1.70. The fourth-order valence-electron chi connectivity index (χ4n) is 1.74. The zero-order chi connectivity index (χ0) is 13.2. The van der Waals surface area contributed by atoms with Crippen LogP contribution in [0.5, 0.6) is 0 Å². The predicted molar refractivity (Wildman–Crippen MR) is 72.3 cm³/mol. The van der Waals surface area contributed by atoms with E-state index < -0.39 is 0 Å². The van der Waals surface area contributed by atoms with Gasteiger partial charge in [0, 0.05) is 18.8 Å². The van der Waals surface area contributed by atoms with E-state index in [-0.39, 0.29) is 5.69 Å². The van der Waals surface area contributed by atoms with Crippen molar-refractivity contribution in [2.75, 3.05) is 12.4 Å². The predicted octanol–water partition coefficient (Wildman–Crippen LogP) is 1.03. The third-order valence-corrected chi connectivity index (χ3v) is 3.88. The highest BCUT2D eigenvalue weighted by Gasteiger charge is 2.28. The first-order valence-electron chi connectivity index (χ1n) is 6.06. The summed E-state index contributed by atoms with van der Waals surface area (Å²) in [5.41, 5.74) is 0.739. The lowest BCUT2D eigenvalue weighted by Crippen LogP contribution is -2.16. The first-order chi connectivity index (χ1) is 9.28. The molecule has 0 spiro atoms. The lowest BCUT2D eigenvalue weighted by atomic mass is 10.5. The molecule has 1 saturated carbocycles. The van der Waals surface area contributed by atoms with Crippen LogP contribution in [0.1, 0.15) is 24.6 Å². The van der Waals surface area contributed by atoms with Gasteiger partial charge in [0.1, 0.15) is 5.82 Å². The molecule has 2 aromatic heterocycles. The van der Waals surface area contributed by atoms with E-state index in [2.05, 4.69) is 25.5 Å². The normalized spacial score (nSPS) is 14.6. The molecule has 1 fully saturated rings. The van der Waals surface area contributed by atoms with E-state index >= 15 is 0 Å². The Morgan fingerprint density at radius 2 is 2.32 bits per heavy atom. The molecular formula is C11H14N6OS. The van der Waals surface area contributed by atoms with Crippen LogP contribution in [0.25, 0.3) is 0 Å². The van der Waals surface area contributed by atoms with Crippen molar-refractivity contribution in [2.45, 2.75) is 29.8 Å². The molecule has 0 amide bonds. The van der Waals surface area contributed by atoms with Gasteiger partial charge in [0.15, 0.2) is 5.16 Å². The second-order valence-corrected chi connectivity index (χ2v) is 5.29. The van der Waals surface area contributed by atoms with Crippen LogP contribution in [0.3, 0.4) is 0 Å². The van der Waals surface area contributed by atoms with Gasteiger partial charge in [-0.05, 0) is 12.8 Å². The summed E-state index contributed by atoms with van der Waals surface area (Å²) in [4.78, 5) is 20.1. The van der Waals surface area contributed by atoms with Gasteiger partial charge in [0.2, 0.25) is 0 Å². The lowest BCUT2D eigenvalue weighted by Gasteiger charge is -2.03. The molecule has 19 heavy (non-hydrogen) atoms. The SMILES string of the molecule is CNc1cnc(CSc2n[nH]c(=O)n2C2CC2)cn1. The number of H-pyrrole nitrogens is 1. The second kappa shape index (κ2) is 5.04. The van der Waals surface area contributed by atoms with Crippen LogP contribution < -0.4 is 11.0 Å². The minimum atomic E-state index is -0.124. The van der Waals surface area contributed by atoms with Gasteiger partial charge in [-0.15, -0.1) is 5.10 Å². The molecule has 1 aliphatic rings. The molecule has 0 saturated heterocycles. The largest absolute Gasteiger partial charge is 0.372 e. The number of hydrogen-bond donors (Lipinski definition) is 2. The molecule has 2 aromatic rings. The molecule has 3 rings (SSSR count). The third kappa shape index (κ3) is 2.62. The average Bonchev–Trinajstić information content (AvgIpc) is 3.21. The Labute approximate surface area is 113 Å². The van der Waals surface area contributed by atoms with Crippen LogP contribution in [-0.2, 0) is 5.75 Å². The third-order valence-electron chi connectivity index (χ3n) is 2.89. The van der Waals surface area contributed by atoms with Crippen molar-refractivity contribution in [2.24, 2.45) is 0 Å². The number of aromatic amines is 1. The Morgan fingerprint density at radius 1 is 1.47 bits per heavy atom. The summed E-state index contributed by atoms with van der Waals surface area (Å²) in [6, 6.07) is 0.325. The molecule has 0 atom stereocenters. The topological polar surface area (TPSA) is 88.5 Å². The standard InChI is InChI=1S/C11H14N6OS/c1-12-9-5-13-7(4-14-9)6-19-11-16-15-10(18)17(11)8-2-3-8/h4-5,8H,2-3,6H2,1H3,(H,12,14)(H,15,18). The summed E-state index contributed by atoms with van der Waals surface area (Å²) in [7, 11) is 1.80. The summed E-state index contributed by atoms with van der Waals surface area (Å²) >= 11 is 1.50. The van der Waals surface area contributed by atoms with Gasteiger partial charge in [0.25, 0.3) is 0 Å². The number of rotatable bonds is 5. The maximum absolute atomic E-state index is 11.6. The summed E-state index contributed by atoms with van der Waals surface area (Å²) in [5.74, 6) is 1.39. The summed E-state index contributed by atoms with van der Waals surface area (Å²) in [5, 5.41) is 10.2. The lowest BCUT2D eigenvalue weighted by molar-refractivity contribution is 0.642. The average molecular weight is 278 g/mol. The molecule has 0 aliphatic heterocycles. The van der Waals surface area contributed by atoms with E-state index in [4.69, 9.17) is 0 Å². The van der Waals surface area contributed by atoms with Gasteiger partial charge in [0.05, 0.1) is 18.1 Å². The van der Waals surface area contributed by atoms with Crippen molar-refractivity contribution < 1.29 is 0 Å². The number of thioether (sulfide) groups is 1. The summed E-state index contributed by atoms with van der Waals surface area (Å²) < 4.78 is 1.74. The zero-order valence-corrected chi connectivity index (χ0v) is 11.3. The smallest absolute Gasteiger partial charge is 0.344 e. The fraction of sp³-hybridized carbons (Fsp3) is 0.455. The molecular weight excluding hydrogens is 264 g/mol. The van der Waals surface area contributed by atoms with E-state index in [0.29, 0.717) is 11.8 Å². The molecule has 8 heteroatoms. The number of aromatic nitrogens is 5. The zero-order valence-electron chi connectivity index (χ0n) is 10.5. The van der Waals surface area contributed by atoms with Crippen molar-refractivity contribution in [3.8, 4) is 0 Å². The van der Waals surface area contributed by atoms with E-state index in [1.54, 1.807) is 24.0 Å². The van der Waals surface area contributed by atoms with Crippen LogP contribution >= 0.6 is 11.8 Å². The van der Waals surface area contributed by atoms with Crippen molar-refractivity contribution in [3.05, 3.63) is 28.6 Å². The van der Waals surface area contributed by atoms with Crippen molar-refractivity contribution >= 4 is 17.6 Å². The van der Waals surface area contributed by atoms with Gasteiger partial charge < -0.3 is 5.32 Å². The molecule has 0 bridgehead atoms. The van der Waals surface area contributed by atoms with Crippen molar-refractivity contribution in [1.82, 2.24) is 24.7 Å². The van der Waals surface area contributed by atoms with Crippen LogP contribution in [0.2, 0.25) is 0 Å². The Bertz CT molecular complexity index is 615. The molecule has 7 nitrogen and oxygen atoms in total. The van der Waals surface area contributed by atoms with E-state index in [1.165, 1.54) is 11.8 Å². The number of nitrogens with zero attached hydrogens (tertiary/aromatic N) is 4. The molecule has 2 heterocycles. The van der Waals surface area contributed by atoms with E-state index in [1.807, 2.05) is 0 Å². The van der Waals surface area contributed by atoms with E-state index in [9.17, 15) is 4.79 Å². The minimum absolute atomic E-state index is 0.124. The highest BCUT2D eigenvalue weighted by Crippen LogP contribution is 2.36. The molecule has 1 aliphatic carbocycles. The Hall–Kier alpha value is -1.83. The van der Waals surface area contributed by atoms with Crippen molar-refractivity contribution in [1.29, 1.82) is 0 Å². The summed E-state index contributed by atoms with van der Waals surface area (Å²) in [6.45, 7) is 0. The van der Waals surface area contributed by atoms with Gasteiger partial charge in [-0.1, -0.05) is 11.8 Å². The summed E-state index contributed by atoms with van der Waals surface area (Å²) in [6.07, 6.45) is 5.53. The van der Waals surface area contributed by atoms with Crippen LogP contribution in [0, 0.1) is 0 Å². The number of anilines is 1. The molecule has 0 aromatic carbocycles. The van der Waals surface area contributed by atoms with Gasteiger partial charge >= 0.3 is 5.69 Å². The quantitative estimate of drug-likeness (QED) is 0.794. The van der Waals surface area contributed by atoms with Crippen LogP contribution in [0.15, 0.2) is 22.3 Å². The van der Waals surface area contributed by atoms with Gasteiger partial charge in [-0.3, -0.25) is 9.55 Å². The first kappa shape index (κ1) is 12.2. The van der Waals surface area contributed by atoms with Crippen LogP contribution in [-0.4, -0.2) is 31.8 Å².